The third-order valence-electron chi connectivity index (χ3n) is 8.77. The van der Waals surface area contributed by atoms with Gasteiger partial charge in [0.25, 0.3) is 6.43 Å². The molecule has 3 aromatic rings. The van der Waals surface area contributed by atoms with Crippen molar-refractivity contribution in [1.29, 1.82) is 0 Å². The Morgan fingerprint density at radius 3 is 2.59 bits per heavy atom. The van der Waals surface area contributed by atoms with Crippen LogP contribution in [-0.2, 0) is 9.53 Å². The molecule has 6 rings (SSSR count). The molecule has 9 nitrogen and oxygen atoms in total. The van der Waals surface area contributed by atoms with Crippen LogP contribution in [0.2, 0.25) is 0 Å². The summed E-state index contributed by atoms with van der Waals surface area (Å²) in [5.41, 5.74) is 1.08. The number of alkyl halides is 2. The number of Topliss-reactive ketones (excluding diaryl/α,β-unsaturated/α-hetero) is 1. The molecule has 2 aromatic heterocycles. The maximum absolute atomic E-state index is 14.1. The van der Waals surface area contributed by atoms with Crippen LogP contribution >= 0.6 is 0 Å². The number of nitrogens with zero attached hydrogens (tertiary/aromatic N) is 6. The van der Waals surface area contributed by atoms with Crippen LogP contribution < -0.4 is 10.2 Å². The van der Waals surface area contributed by atoms with Crippen molar-refractivity contribution >= 4 is 28.6 Å². The largest absolute Gasteiger partial charge is 0.378 e. The van der Waals surface area contributed by atoms with Crippen LogP contribution in [0.25, 0.3) is 16.9 Å². The van der Waals surface area contributed by atoms with Crippen LogP contribution in [0.3, 0.4) is 0 Å². The second kappa shape index (κ2) is 12.4. The van der Waals surface area contributed by atoms with Gasteiger partial charge in [0.2, 0.25) is 5.95 Å². The smallest absolute Gasteiger partial charge is 0.296 e. The number of morpholine rings is 1. The normalized spacial score (nSPS) is 24.2. The number of hydrogen-bond donors (Lipinski definition) is 1. The van der Waals surface area contributed by atoms with Gasteiger partial charge in [0.15, 0.2) is 5.82 Å². The number of anilines is 2. The highest BCUT2D eigenvalue weighted by Gasteiger charge is 2.29. The first-order valence-electron chi connectivity index (χ1n) is 14.9. The number of ether oxygens (including phenoxy) is 1. The molecule has 1 N–H and O–H groups in total. The molecule has 1 saturated carbocycles. The SMILES string of the molecule is CN1CCC[C@H](C(=O)CC2CCC(Nc3cc(-n4c(C(F)F)nc5ccccc54)nc(N4CCOCC4)n3)CC2)C1. The Balaban J connectivity index is 1.20. The minimum atomic E-state index is -2.76. The third-order valence-corrected chi connectivity index (χ3v) is 8.77. The van der Waals surface area contributed by atoms with Gasteiger partial charge >= 0.3 is 0 Å². The van der Waals surface area contributed by atoms with E-state index in [2.05, 4.69) is 22.2 Å². The van der Waals surface area contributed by atoms with Gasteiger partial charge < -0.3 is 19.9 Å². The summed E-state index contributed by atoms with van der Waals surface area (Å²) in [6.07, 6.45) is 3.88. The quantitative estimate of drug-likeness (QED) is 0.413. The number of hydrogen-bond acceptors (Lipinski definition) is 8. The third kappa shape index (κ3) is 6.35. The molecule has 3 fully saturated rings. The summed E-state index contributed by atoms with van der Waals surface area (Å²) in [6.45, 7) is 4.35. The number of piperidine rings is 1. The first-order valence-corrected chi connectivity index (χ1v) is 14.9. The predicted octanol–water partition coefficient (Wildman–Crippen LogP) is 4.86. The number of fused-ring (bicyclic) bond motifs is 1. The second-order valence-electron chi connectivity index (χ2n) is 11.7. The molecule has 3 aliphatic rings. The van der Waals surface area contributed by atoms with Crippen LogP contribution in [0.4, 0.5) is 20.5 Å². The summed E-state index contributed by atoms with van der Waals surface area (Å²) in [7, 11) is 2.10. The lowest BCUT2D eigenvalue weighted by atomic mass is 9.80. The molecule has 11 heteroatoms. The molecule has 220 valence electrons. The van der Waals surface area contributed by atoms with Gasteiger partial charge in [0.1, 0.15) is 17.4 Å². The molecule has 1 aliphatic carbocycles. The summed E-state index contributed by atoms with van der Waals surface area (Å²) in [5.74, 6) is 2.15. The van der Waals surface area contributed by atoms with E-state index < -0.39 is 6.43 Å². The van der Waals surface area contributed by atoms with Crippen molar-refractivity contribution in [1.82, 2.24) is 24.4 Å². The van der Waals surface area contributed by atoms with Crippen molar-refractivity contribution in [2.24, 2.45) is 11.8 Å². The molecule has 1 aromatic carbocycles. The fraction of sp³-hybridized carbons (Fsp3) is 0.600. The van der Waals surface area contributed by atoms with Crippen molar-refractivity contribution < 1.29 is 18.3 Å². The van der Waals surface area contributed by atoms with Gasteiger partial charge in [-0.3, -0.25) is 9.36 Å². The Hall–Kier alpha value is -3.18. The Bertz CT molecular complexity index is 1350. The van der Waals surface area contributed by atoms with E-state index in [0.29, 0.717) is 73.0 Å². The average Bonchev–Trinajstić information content (AvgIpc) is 3.39. The number of carbonyl (C=O) groups is 1. The van der Waals surface area contributed by atoms with Crippen molar-refractivity contribution in [3.63, 3.8) is 0 Å². The molecule has 1 atom stereocenters. The van der Waals surface area contributed by atoms with E-state index >= 15 is 0 Å². The topological polar surface area (TPSA) is 88.4 Å². The number of nitrogens with one attached hydrogen (secondary N) is 1. The second-order valence-corrected chi connectivity index (χ2v) is 11.7. The standard InChI is InChI=1S/C30H39F2N7O2/c1-37-12-4-5-21(19-37)25(40)17-20-8-10-22(11-9-20)33-26-18-27(36-30(35-26)38-13-15-41-16-14-38)39-24-7-3-2-6-23(24)34-29(39)28(31)32/h2-3,6-7,18,20-22,28H,4-5,8-17,19H2,1H3,(H,33,35,36)/t20?,21-,22?/m0/s1. The van der Waals surface area contributed by atoms with E-state index in [1.807, 2.05) is 11.0 Å². The molecule has 41 heavy (non-hydrogen) atoms. The number of halogens is 2. The fourth-order valence-electron chi connectivity index (χ4n) is 6.55. The van der Waals surface area contributed by atoms with E-state index in [0.717, 1.165) is 51.6 Å². The zero-order valence-electron chi connectivity index (χ0n) is 23.6. The highest BCUT2D eigenvalue weighted by Crippen LogP contribution is 2.33. The van der Waals surface area contributed by atoms with Gasteiger partial charge in [-0.05, 0) is 70.2 Å². The first-order chi connectivity index (χ1) is 19.9. The number of rotatable bonds is 8. The van der Waals surface area contributed by atoms with E-state index in [1.165, 1.54) is 4.57 Å². The Kier molecular flexibility index (Phi) is 8.43. The average molecular weight is 568 g/mol. The molecule has 0 spiro atoms. The minimum Gasteiger partial charge on any atom is -0.378 e. The predicted molar refractivity (Wildman–Crippen MR) is 154 cm³/mol. The molecule has 0 radical (unpaired) electrons. The summed E-state index contributed by atoms with van der Waals surface area (Å²) in [5, 5.41) is 3.58. The van der Waals surface area contributed by atoms with Gasteiger partial charge in [0.05, 0.1) is 24.2 Å². The Morgan fingerprint density at radius 2 is 1.83 bits per heavy atom. The lowest BCUT2D eigenvalue weighted by molar-refractivity contribution is -0.125. The summed E-state index contributed by atoms with van der Waals surface area (Å²) >= 11 is 0. The Labute approximate surface area is 239 Å². The lowest BCUT2D eigenvalue weighted by Gasteiger charge is -2.32. The maximum atomic E-state index is 14.1. The molecular weight excluding hydrogens is 528 g/mol. The summed E-state index contributed by atoms with van der Waals surface area (Å²) < 4.78 is 35.3. The van der Waals surface area contributed by atoms with Crippen molar-refractivity contribution in [2.45, 2.75) is 57.4 Å². The fourth-order valence-corrected chi connectivity index (χ4v) is 6.55. The molecule has 0 bridgehead atoms. The monoisotopic (exact) mass is 567 g/mol. The zero-order chi connectivity index (χ0) is 28.3. The van der Waals surface area contributed by atoms with Crippen LogP contribution in [0, 0.1) is 11.8 Å². The molecule has 0 unspecified atom stereocenters. The van der Waals surface area contributed by atoms with E-state index in [1.54, 1.807) is 24.3 Å². The van der Waals surface area contributed by atoms with Gasteiger partial charge in [0, 0.05) is 44.1 Å². The molecule has 4 heterocycles. The number of ketones is 1. The number of carbonyl (C=O) groups excluding carboxylic acids is 1. The van der Waals surface area contributed by atoms with E-state index in [-0.39, 0.29) is 17.8 Å². The Morgan fingerprint density at radius 1 is 1.05 bits per heavy atom. The van der Waals surface area contributed by atoms with Gasteiger partial charge in [-0.1, -0.05) is 12.1 Å². The van der Waals surface area contributed by atoms with Crippen molar-refractivity contribution in [3.05, 3.63) is 36.2 Å². The number of likely N-dealkylation sites (tertiary alicyclic amines) is 1. The van der Waals surface area contributed by atoms with Crippen molar-refractivity contribution in [3.8, 4) is 5.82 Å². The summed E-state index contributed by atoms with van der Waals surface area (Å²) in [4.78, 5) is 31.0. The molecule has 0 amide bonds. The first kappa shape index (κ1) is 28.0. The van der Waals surface area contributed by atoms with Crippen molar-refractivity contribution in [2.75, 3.05) is 56.7 Å². The highest BCUT2D eigenvalue weighted by atomic mass is 19.3. The number of para-hydroxylation sites is 2. The maximum Gasteiger partial charge on any atom is 0.296 e. The van der Waals surface area contributed by atoms with Gasteiger partial charge in [-0.15, -0.1) is 0 Å². The minimum absolute atomic E-state index is 0.181. The van der Waals surface area contributed by atoms with Crippen LogP contribution in [0.1, 0.15) is 57.2 Å². The lowest BCUT2D eigenvalue weighted by Crippen LogP contribution is -2.38. The van der Waals surface area contributed by atoms with Crippen LogP contribution in [0.15, 0.2) is 30.3 Å². The molecule has 2 aliphatic heterocycles. The number of aromatic nitrogens is 4. The molecular formula is C30H39F2N7O2. The van der Waals surface area contributed by atoms with E-state index in [4.69, 9.17) is 14.7 Å². The highest BCUT2D eigenvalue weighted by molar-refractivity contribution is 5.81. The number of imidazole rings is 1. The van der Waals surface area contributed by atoms with E-state index in [9.17, 15) is 13.6 Å². The summed E-state index contributed by atoms with van der Waals surface area (Å²) in [6, 6.07) is 9.06. The van der Waals surface area contributed by atoms with Gasteiger partial charge in [-0.25, -0.2) is 13.8 Å². The number of benzene rings is 1. The zero-order valence-corrected chi connectivity index (χ0v) is 23.6. The van der Waals surface area contributed by atoms with Crippen LogP contribution in [-0.4, -0.2) is 82.7 Å². The van der Waals surface area contributed by atoms with Gasteiger partial charge in [-0.2, -0.15) is 9.97 Å². The van der Waals surface area contributed by atoms with Crippen LogP contribution in [0.5, 0.6) is 0 Å². The molecule has 2 saturated heterocycles.